The van der Waals surface area contributed by atoms with Crippen LogP contribution in [-0.2, 0) is 0 Å². The summed E-state index contributed by atoms with van der Waals surface area (Å²) in [5.41, 5.74) is 1.62. The fraction of sp³-hybridized carbons (Fsp3) is 0. The van der Waals surface area contributed by atoms with Crippen LogP contribution in [0, 0.1) is 0 Å². The Morgan fingerprint density at radius 1 is 0.833 bits per heavy atom. The topological polar surface area (TPSA) is 87.5 Å². The van der Waals surface area contributed by atoms with E-state index >= 15 is 0 Å². The van der Waals surface area contributed by atoms with Crippen molar-refractivity contribution >= 4 is 11.9 Å². The minimum atomic E-state index is -1.05. The van der Waals surface area contributed by atoms with Crippen molar-refractivity contribution < 1.29 is 19.8 Å². The molecule has 5 heteroatoms. The summed E-state index contributed by atoms with van der Waals surface area (Å²) >= 11 is 0. The number of carboxylic acids is 2. The lowest BCUT2D eigenvalue weighted by Crippen LogP contribution is -1.98. The average Bonchev–Trinajstić information content (AvgIpc) is 2.39. The highest BCUT2D eigenvalue weighted by Gasteiger charge is 2.07. The molecule has 2 aromatic rings. The first kappa shape index (κ1) is 11.8. The third-order valence-electron chi connectivity index (χ3n) is 2.45. The molecule has 0 atom stereocenters. The summed E-state index contributed by atoms with van der Waals surface area (Å²) in [4.78, 5) is 25.4. The molecule has 0 saturated carbocycles. The maximum absolute atomic E-state index is 10.8. The fourth-order valence-corrected chi connectivity index (χ4v) is 1.52. The van der Waals surface area contributed by atoms with Crippen LogP contribution in [0.1, 0.15) is 20.7 Å². The zero-order chi connectivity index (χ0) is 13.1. The number of carbonyl (C=O) groups is 2. The molecule has 18 heavy (non-hydrogen) atoms. The number of hydrogen-bond donors (Lipinski definition) is 2. The van der Waals surface area contributed by atoms with Crippen LogP contribution in [0.15, 0.2) is 42.7 Å². The van der Waals surface area contributed by atoms with Crippen molar-refractivity contribution in [2.24, 2.45) is 0 Å². The smallest absolute Gasteiger partial charge is 0.337 e. The number of carboxylic acid groups (broad SMARTS) is 2. The maximum atomic E-state index is 10.8. The number of aromatic nitrogens is 1. The molecule has 5 nitrogen and oxygen atoms in total. The Hall–Kier alpha value is -2.69. The lowest BCUT2D eigenvalue weighted by molar-refractivity contribution is 0.0686. The van der Waals surface area contributed by atoms with E-state index in [2.05, 4.69) is 4.98 Å². The molecule has 0 bridgehead atoms. The van der Waals surface area contributed by atoms with Gasteiger partial charge >= 0.3 is 11.9 Å². The second kappa shape index (κ2) is 4.67. The molecular weight excluding hydrogens is 234 g/mol. The van der Waals surface area contributed by atoms with Gasteiger partial charge in [-0.2, -0.15) is 0 Å². The Morgan fingerprint density at radius 2 is 1.44 bits per heavy atom. The Labute approximate surface area is 102 Å². The van der Waals surface area contributed by atoms with Crippen LogP contribution in [0.5, 0.6) is 0 Å². The molecule has 0 aliphatic carbocycles. The molecule has 0 aliphatic rings. The van der Waals surface area contributed by atoms with Gasteiger partial charge in [0.1, 0.15) is 0 Å². The number of pyridine rings is 1. The Balaban J connectivity index is 2.39. The van der Waals surface area contributed by atoms with Crippen molar-refractivity contribution in [1.82, 2.24) is 4.98 Å². The lowest BCUT2D eigenvalue weighted by atomic mass is 10.0. The minimum Gasteiger partial charge on any atom is -0.478 e. The van der Waals surface area contributed by atoms with Crippen molar-refractivity contribution in [3.8, 4) is 11.1 Å². The first-order valence-electron chi connectivity index (χ1n) is 5.10. The van der Waals surface area contributed by atoms with E-state index in [9.17, 15) is 9.59 Å². The van der Waals surface area contributed by atoms with E-state index in [0.29, 0.717) is 5.56 Å². The molecule has 0 radical (unpaired) electrons. The largest absolute Gasteiger partial charge is 0.478 e. The molecular formula is C13H9NO4. The van der Waals surface area contributed by atoms with Crippen molar-refractivity contribution in [2.45, 2.75) is 0 Å². The SMILES string of the molecule is O=C(O)c1ccc(-c2cncc(C(=O)O)c2)cc1. The van der Waals surface area contributed by atoms with Gasteiger partial charge in [-0.1, -0.05) is 12.1 Å². The van der Waals surface area contributed by atoms with Gasteiger partial charge in [-0.15, -0.1) is 0 Å². The van der Waals surface area contributed by atoms with E-state index in [0.717, 1.165) is 5.56 Å². The van der Waals surface area contributed by atoms with E-state index < -0.39 is 11.9 Å². The highest BCUT2D eigenvalue weighted by Crippen LogP contribution is 2.20. The summed E-state index contributed by atoms with van der Waals surface area (Å²) in [5.74, 6) is -2.05. The van der Waals surface area contributed by atoms with E-state index in [1.54, 1.807) is 12.1 Å². The predicted octanol–water partition coefficient (Wildman–Crippen LogP) is 2.15. The van der Waals surface area contributed by atoms with E-state index in [4.69, 9.17) is 10.2 Å². The second-order valence-electron chi connectivity index (χ2n) is 3.65. The molecule has 2 rings (SSSR count). The maximum Gasteiger partial charge on any atom is 0.337 e. The van der Waals surface area contributed by atoms with Crippen LogP contribution in [0.25, 0.3) is 11.1 Å². The molecule has 0 spiro atoms. The van der Waals surface area contributed by atoms with Gasteiger partial charge in [0.05, 0.1) is 11.1 Å². The molecule has 1 aromatic carbocycles. The monoisotopic (exact) mass is 243 g/mol. The Bertz CT molecular complexity index is 605. The Morgan fingerprint density at radius 3 is 2.00 bits per heavy atom. The van der Waals surface area contributed by atoms with E-state index in [-0.39, 0.29) is 11.1 Å². The van der Waals surface area contributed by atoms with Gasteiger partial charge in [0, 0.05) is 18.0 Å². The van der Waals surface area contributed by atoms with E-state index in [1.165, 1.54) is 30.6 Å². The van der Waals surface area contributed by atoms with Gasteiger partial charge in [-0.25, -0.2) is 9.59 Å². The first-order valence-corrected chi connectivity index (χ1v) is 5.10. The molecule has 0 aliphatic heterocycles. The normalized spacial score (nSPS) is 10.0. The molecule has 0 saturated heterocycles. The van der Waals surface area contributed by atoms with Crippen LogP contribution < -0.4 is 0 Å². The fourth-order valence-electron chi connectivity index (χ4n) is 1.52. The standard InChI is InChI=1S/C13H9NO4/c15-12(16)9-3-1-8(2-4-9)10-5-11(13(17)18)7-14-6-10/h1-7H,(H,15,16)(H,17,18). The van der Waals surface area contributed by atoms with Gasteiger partial charge in [0.25, 0.3) is 0 Å². The summed E-state index contributed by atoms with van der Waals surface area (Å²) < 4.78 is 0. The quantitative estimate of drug-likeness (QED) is 0.862. The molecule has 0 amide bonds. The molecule has 1 heterocycles. The van der Waals surface area contributed by atoms with Gasteiger partial charge in [0.15, 0.2) is 0 Å². The number of rotatable bonds is 3. The van der Waals surface area contributed by atoms with Crippen LogP contribution in [0.4, 0.5) is 0 Å². The third kappa shape index (κ3) is 2.35. The summed E-state index contributed by atoms with van der Waals surface area (Å²) in [7, 11) is 0. The highest BCUT2D eigenvalue weighted by atomic mass is 16.4. The zero-order valence-electron chi connectivity index (χ0n) is 9.20. The third-order valence-corrected chi connectivity index (χ3v) is 2.45. The molecule has 90 valence electrons. The van der Waals surface area contributed by atoms with Gasteiger partial charge in [-0.3, -0.25) is 4.98 Å². The van der Waals surface area contributed by atoms with Crippen LogP contribution >= 0.6 is 0 Å². The highest BCUT2D eigenvalue weighted by molar-refractivity contribution is 5.90. The average molecular weight is 243 g/mol. The number of nitrogens with zero attached hydrogens (tertiary/aromatic N) is 1. The summed E-state index contributed by atoms with van der Waals surface area (Å²) in [6.07, 6.45) is 2.79. The van der Waals surface area contributed by atoms with E-state index in [1.807, 2.05) is 0 Å². The number of hydrogen-bond acceptors (Lipinski definition) is 3. The molecule has 0 fully saturated rings. The van der Waals surface area contributed by atoms with Crippen LogP contribution in [-0.4, -0.2) is 27.1 Å². The molecule has 0 unspecified atom stereocenters. The predicted molar refractivity (Wildman–Crippen MR) is 63.6 cm³/mol. The second-order valence-corrected chi connectivity index (χ2v) is 3.65. The lowest BCUT2D eigenvalue weighted by Gasteiger charge is -2.03. The van der Waals surface area contributed by atoms with Crippen LogP contribution in [0.3, 0.4) is 0 Å². The summed E-state index contributed by atoms with van der Waals surface area (Å²) in [5, 5.41) is 17.6. The van der Waals surface area contributed by atoms with Crippen molar-refractivity contribution in [1.29, 1.82) is 0 Å². The molecule has 1 aromatic heterocycles. The Kier molecular flexibility index (Phi) is 3.05. The number of benzene rings is 1. The van der Waals surface area contributed by atoms with Crippen molar-refractivity contribution in [3.63, 3.8) is 0 Å². The van der Waals surface area contributed by atoms with Crippen LogP contribution in [0.2, 0.25) is 0 Å². The van der Waals surface area contributed by atoms with Gasteiger partial charge < -0.3 is 10.2 Å². The first-order chi connectivity index (χ1) is 8.58. The van der Waals surface area contributed by atoms with Crippen molar-refractivity contribution in [2.75, 3.05) is 0 Å². The van der Waals surface area contributed by atoms with Gasteiger partial charge in [0.2, 0.25) is 0 Å². The summed E-state index contributed by atoms with van der Waals surface area (Å²) in [6.45, 7) is 0. The summed E-state index contributed by atoms with van der Waals surface area (Å²) in [6, 6.07) is 7.65. The number of aromatic carboxylic acids is 2. The van der Waals surface area contributed by atoms with Crippen molar-refractivity contribution in [3.05, 3.63) is 53.9 Å². The van der Waals surface area contributed by atoms with Gasteiger partial charge in [-0.05, 0) is 23.8 Å². The minimum absolute atomic E-state index is 0.0924. The zero-order valence-corrected chi connectivity index (χ0v) is 9.20. The molecule has 2 N–H and O–H groups in total.